The summed E-state index contributed by atoms with van der Waals surface area (Å²) in [7, 11) is 1.18. The Morgan fingerprint density at radius 3 is 0.889 bits per heavy atom. The van der Waals surface area contributed by atoms with E-state index in [0.717, 1.165) is 64.2 Å². The molecule has 0 radical (unpaired) electrons. The molecular weight excluding hydrogens is 1130 g/mol. The van der Waals surface area contributed by atoms with Crippen LogP contribution in [0.1, 0.15) is 373 Å². The molecule has 0 aromatic heterocycles. The third-order valence-electron chi connectivity index (χ3n) is 17.2. The molecule has 0 fully saturated rings. The molecule has 0 saturated heterocycles. The molecule has 0 amide bonds. The van der Waals surface area contributed by atoms with E-state index < -0.39 is 26.5 Å². The third kappa shape index (κ3) is 74.5. The average molecular weight is 1280 g/mol. The second-order valence-corrected chi connectivity index (χ2v) is 28.8. The number of quaternary nitrogens is 1. The number of phosphoric ester groups is 1. The van der Waals surface area contributed by atoms with Crippen LogP contribution in [0.2, 0.25) is 0 Å². The van der Waals surface area contributed by atoms with Crippen molar-refractivity contribution in [2.24, 2.45) is 0 Å². The van der Waals surface area contributed by atoms with Crippen molar-refractivity contribution in [1.82, 2.24) is 0 Å². The van der Waals surface area contributed by atoms with Crippen LogP contribution in [0.25, 0.3) is 0 Å². The summed E-state index contributed by atoms with van der Waals surface area (Å²) in [5, 5.41) is 0. The van der Waals surface area contributed by atoms with Crippen molar-refractivity contribution in [2.75, 3.05) is 47.5 Å². The van der Waals surface area contributed by atoms with E-state index in [2.05, 4.69) is 86.8 Å². The fourth-order valence-electron chi connectivity index (χ4n) is 11.3. The van der Waals surface area contributed by atoms with E-state index >= 15 is 0 Å². The zero-order valence-corrected chi connectivity index (χ0v) is 61.0. The van der Waals surface area contributed by atoms with Crippen LogP contribution in [-0.2, 0) is 32.7 Å². The van der Waals surface area contributed by atoms with Crippen molar-refractivity contribution in [3.8, 4) is 0 Å². The van der Waals surface area contributed by atoms with Gasteiger partial charge in [-0.15, -0.1) is 0 Å². The molecule has 0 N–H and O–H groups in total. The van der Waals surface area contributed by atoms with Crippen molar-refractivity contribution in [3.63, 3.8) is 0 Å². The standard InChI is InChI=1S/C80H148NO8P/c1-6-8-10-12-14-16-18-20-22-24-26-28-30-32-34-36-38-40-42-44-46-48-50-52-54-56-58-60-62-64-66-68-70-72-79(82)86-76-78(77-88-90(84,85)87-75-74-81(3,4)5)89-80(83)73-71-69-67-65-63-61-59-57-55-53-51-49-47-45-43-41-39-37-35-33-31-29-27-25-23-21-19-17-15-13-11-9-7-2/h18-21,24-27,30-33,78H,6-17,22-23,28-29,34-77H2,1-5H3/b20-18-,21-19-,26-24-,27-25-,32-30-,33-31-. The Hall–Kier alpha value is -2.55. The number of hydrogen-bond donors (Lipinski definition) is 0. The molecule has 0 aliphatic carbocycles. The van der Waals surface area contributed by atoms with Crippen LogP contribution < -0.4 is 4.89 Å². The van der Waals surface area contributed by atoms with Crippen molar-refractivity contribution in [2.45, 2.75) is 380 Å². The van der Waals surface area contributed by atoms with Crippen molar-refractivity contribution < 1.29 is 42.1 Å². The molecule has 10 heteroatoms. The lowest BCUT2D eigenvalue weighted by atomic mass is 10.0. The smallest absolute Gasteiger partial charge is 0.306 e. The van der Waals surface area contributed by atoms with Crippen LogP contribution in [0.3, 0.4) is 0 Å². The summed E-state index contributed by atoms with van der Waals surface area (Å²) < 4.78 is 34.4. The Kier molecular flexibility index (Phi) is 68.8. The number of nitrogens with zero attached hydrogens (tertiary/aromatic N) is 1. The highest BCUT2D eigenvalue weighted by Gasteiger charge is 2.22. The fourth-order valence-corrected chi connectivity index (χ4v) is 12.0. The molecule has 2 unspecified atom stereocenters. The Morgan fingerprint density at radius 1 is 0.344 bits per heavy atom. The van der Waals surface area contributed by atoms with E-state index in [1.54, 1.807) is 0 Å². The van der Waals surface area contributed by atoms with Gasteiger partial charge >= 0.3 is 11.9 Å². The van der Waals surface area contributed by atoms with Gasteiger partial charge < -0.3 is 27.9 Å². The van der Waals surface area contributed by atoms with Gasteiger partial charge in [-0.1, -0.05) is 344 Å². The summed E-state index contributed by atoms with van der Waals surface area (Å²) >= 11 is 0. The Labute approximate surface area is 559 Å². The lowest BCUT2D eigenvalue weighted by molar-refractivity contribution is -0.870. The maximum Gasteiger partial charge on any atom is 0.306 e. The average Bonchev–Trinajstić information content (AvgIpc) is 3.56. The molecule has 2 atom stereocenters. The van der Waals surface area contributed by atoms with Gasteiger partial charge in [-0.05, 0) is 89.9 Å². The van der Waals surface area contributed by atoms with Gasteiger partial charge in [0, 0.05) is 12.8 Å². The molecule has 9 nitrogen and oxygen atoms in total. The zero-order valence-electron chi connectivity index (χ0n) is 60.1. The van der Waals surface area contributed by atoms with Crippen LogP contribution in [0.15, 0.2) is 72.9 Å². The summed E-state index contributed by atoms with van der Waals surface area (Å²) in [6.07, 6.45) is 95.8. The molecule has 0 aliphatic rings. The van der Waals surface area contributed by atoms with Crippen molar-refractivity contribution >= 4 is 19.8 Å². The molecule has 0 spiro atoms. The summed E-state index contributed by atoms with van der Waals surface area (Å²) in [5.41, 5.74) is 0. The van der Waals surface area contributed by atoms with E-state index in [4.69, 9.17) is 18.5 Å². The third-order valence-corrected chi connectivity index (χ3v) is 18.2. The van der Waals surface area contributed by atoms with Crippen LogP contribution in [-0.4, -0.2) is 70.0 Å². The number of likely N-dealkylation sites (N-methyl/N-ethyl adjacent to an activating group) is 1. The first-order valence-corrected chi connectivity index (χ1v) is 40.1. The molecule has 90 heavy (non-hydrogen) atoms. The quantitative estimate of drug-likeness (QED) is 0.0195. The van der Waals surface area contributed by atoms with Gasteiger partial charge in [-0.2, -0.15) is 0 Å². The number of carbonyl (C=O) groups is 2. The molecule has 0 bridgehead atoms. The normalized spacial score (nSPS) is 13.4. The van der Waals surface area contributed by atoms with E-state index in [-0.39, 0.29) is 32.0 Å². The van der Waals surface area contributed by atoms with Crippen molar-refractivity contribution in [1.29, 1.82) is 0 Å². The Morgan fingerprint density at radius 2 is 0.600 bits per heavy atom. The topological polar surface area (TPSA) is 111 Å². The minimum absolute atomic E-state index is 0.0302. The number of phosphoric acid groups is 1. The lowest BCUT2D eigenvalue weighted by Gasteiger charge is -2.28. The number of esters is 2. The molecule has 0 aliphatic heterocycles. The maximum atomic E-state index is 12.9. The number of ether oxygens (including phenoxy) is 2. The number of rotatable bonds is 72. The lowest BCUT2D eigenvalue weighted by Crippen LogP contribution is -2.37. The van der Waals surface area contributed by atoms with Gasteiger partial charge in [0.05, 0.1) is 27.7 Å². The largest absolute Gasteiger partial charge is 0.756 e. The second kappa shape index (κ2) is 70.8. The van der Waals surface area contributed by atoms with E-state index in [9.17, 15) is 19.0 Å². The fraction of sp³-hybridized carbons (Fsp3) is 0.825. The highest BCUT2D eigenvalue weighted by molar-refractivity contribution is 7.45. The van der Waals surface area contributed by atoms with Gasteiger partial charge in [0.1, 0.15) is 19.8 Å². The van der Waals surface area contributed by atoms with Gasteiger partial charge in [-0.3, -0.25) is 14.2 Å². The maximum absolute atomic E-state index is 12.9. The Bertz CT molecular complexity index is 1750. The van der Waals surface area contributed by atoms with Gasteiger partial charge in [0.2, 0.25) is 0 Å². The van der Waals surface area contributed by atoms with Crippen LogP contribution >= 0.6 is 7.82 Å². The number of hydrogen-bond acceptors (Lipinski definition) is 8. The van der Waals surface area contributed by atoms with E-state index in [0.29, 0.717) is 17.4 Å². The van der Waals surface area contributed by atoms with Gasteiger partial charge in [0.15, 0.2) is 6.10 Å². The summed E-state index contributed by atoms with van der Waals surface area (Å²) in [4.78, 5) is 38.2. The predicted molar refractivity (Wildman–Crippen MR) is 388 cm³/mol. The van der Waals surface area contributed by atoms with Crippen molar-refractivity contribution in [3.05, 3.63) is 72.9 Å². The van der Waals surface area contributed by atoms with E-state index in [1.807, 2.05) is 21.1 Å². The summed E-state index contributed by atoms with van der Waals surface area (Å²) in [6.45, 7) is 4.27. The highest BCUT2D eigenvalue weighted by atomic mass is 31.2. The molecule has 0 heterocycles. The second-order valence-electron chi connectivity index (χ2n) is 27.4. The number of carbonyl (C=O) groups excluding carboxylic acids is 2. The monoisotopic (exact) mass is 1280 g/mol. The first-order chi connectivity index (χ1) is 44.0. The first kappa shape index (κ1) is 87.5. The minimum Gasteiger partial charge on any atom is -0.756 e. The SMILES string of the molecule is CCCCCCC/C=C\C/C=C\C/C=C\CCCCCCCCCCCCCCCCCCCCC(=O)OCC(COP(=O)([O-])OCC[N+](C)(C)C)OC(=O)CCCCCCCCCCCCCCCCCCCC/C=C\C/C=C\C/C=C\CCCCCCC. The van der Waals surface area contributed by atoms with Gasteiger partial charge in [-0.25, -0.2) is 0 Å². The molecule has 526 valence electrons. The molecular formula is C80H148NO8P. The number of allylic oxidation sites excluding steroid dienone is 12. The summed E-state index contributed by atoms with van der Waals surface area (Å²) in [5.74, 6) is -0.816. The first-order valence-electron chi connectivity index (χ1n) is 38.6. The van der Waals surface area contributed by atoms with Gasteiger partial charge in [0.25, 0.3) is 7.82 Å². The zero-order chi connectivity index (χ0) is 65.5. The van der Waals surface area contributed by atoms with Crippen LogP contribution in [0, 0.1) is 0 Å². The van der Waals surface area contributed by atoms with Crippen LogP contribution in [0.4, 0.5) is 0 Å². The molecule has 0 aromatic carbocycles. The number of unbranched alkanes of at least 4 members (excludes halogenated alkanes) is 46. The predicted octanol–water partition coefficient (Wildman–Crippen LogP) is 24.9. The van der Waals surface area contributed by atoms with E-state index in [1.165, 1.54) is 276 Å². The highest BCUT2D eigenvalue weighted by Crippen LogP contribution is 2.38. The Balaban J connectivity index is 3.97. The summed E-state index contributed by atoms with van der Waals surface area (Å²) in [6, 6.07) is 0. The van der Waals surface area contributed by atoms with Crippen LogP contribution in [0.5, 0.6) is 0 Å². The molecule has 0 saturated carbocycles. The molecule has 0 rings (SSSR count). The molecule has 0 aromatic rings. The minimum atomic E-state index is -4.64.